The molecule has 0 spiro atoms. The normalized spacial score (nSPS) is 12.0. The second-order valence-corrected chi connectivity index (χ2v) is 8.91. The van der Waals surface area contributed by atoms with Crippen molar-refractivity contribution in [2.45, 2.75) is 31.2 Å². The largest absolute Gasteiger partial charge is 0.381 e. The molecule has 2 aromatic rings. The second kappa shape index (κ2) is 11.6. The number of guanidine groups is 1. The molecule has 0 aromatic heterocycles. The number of hydrogen-bond donors (Lipinski definition) is 2. The first-order valence-electron chi connectivity index (χ1n) is 9.76. The Morgan fingerprint density at radius 3 is 2.45 bits per heavy atom. The van der Waals surface area contributed by atoms with Crippen molar-refractivity contribution in [3.8, 4) is 0 Å². The zero-order valence-corrected chi connectivity index (χ0v) is 18.3. The number of ether oxygens (including phenoxy) is 1. The lowest BCUT2D eigenvalue weighted by Gasteiger charge is -2.13. The van der Waals surface area contributed by atoms with Crippen molar-refractivity contribution in [2.75, 3.05) is 33.1 Å². The van der Waals surface area contributed by atoms with Gasteiger partial charge >= 0.3 is 0 Å². The maximum atomic E-state index is 11.7. The predicted molar refractivity (Wildman–Crippen MR) is 118 cm³/mol. The molecule has 0 unspecified atom stereocenters. The molecule has 0 heterocycles. The van der Waals surface area contributed by atoms with Crippen LogP contribution in [0.2, 0.25) is 0 Å². The minimum Gasteiger partial charge on any atom is -0.381 e. The minimum absolute atomic E-state index is 0.371. The van der Waals surface area contributed by atoms with Crippen LogP contribution in [0.3, 0.4) is 0 Å². The van der Waals surface area contributed by atoms with Gasteiger partial charge in [-0.3, -0.25) is 4.99 Å². The fourth-order valence-electron chi connectivity index (χ4n) is 2.96. The lowest BCUT2D eigenvalue weighted by Crippen LogP contribution is -2.37. The van der Waals surface area contributed by atoms with Crippen molar-refractivity contribution < 1.29 is 13.2 Å². The number of aryl methyl sites for hydroxylation is 1. The quantitative estimate of drug-likeness (QED) is 0.353. The van der Waals surface area contributed by atoms with Crippen LogP contribution >= 0.6 is 0 Å². The second-order valence-electron chi connectivity index (χ2n) is 6.93. The van der Waals surface area contributed by atoms with Gasteiger partial charge in [-0.05, 0) is 42.5 Å². The van der Waals surface area contributed by atoms with Crippen molar-refractivity contribution >= 4 is 15.8 Å². The number of sulfone groups is 1. The molecular formula is C22H31N3O3S. The summed E-state index contributed by atoms with van der Waals surface area (Å²) in [6, 6.07) is 15.7. The average Bonchev–Trinajstić information content (AvgIpc) is 2.69. The van der Waals surface area contributed by atoms with Crippen LogP contribution in [0.25, 0.3) is 0 Å². The molecule has 0 aliphatic carbocycles. The summed E-state index contributed by atoms with van der Waals surface area (Å²) in [6.07, 6.45) is 3.04. The lowest BCUT2D eigenvalue weighted by molar-refractivity contribution is 0.135. The molecule has 0 saturated carbocycles. The maximum absolute atomic E-state index is 11.7. The van der Waals surface area contributed by atoms with Crippen LogP contribution in [0.4, 0.5) is 0 Å². The van der Waals surface area contributed by atoms with E-state index in [4.69, 9.17) is 4.74 Å². The van der Waals surface area contributed by atoms with Gasteiger partial charge in [-0.15, -0.1) is 0 Å². The van der Waals surface area contributed by atoms with Crippen molar-refractivity contribution in [3.05, 3.63) is 65.2 Å². The monoisotopic (exact) mass is 417 g/mol. The van der Waals surface area contributed by atoms with E-state index in [2.05, 4.69) is 27.8 Å². The van der Waals surface area contributed by atoms with E-state index in [9.17, 15) is 8.42 Å². The van der Waals surface area contributed by atoms with Crippen LogP contribution in [0.15, 0.2) is 58.4 Å². The maximum Gasteiger partial charge on any atom is 0.191 e. The number of rotatable bonds is 10. The van der Waals surface area contributed by atoms with Gasteiger partial charge in [0.25, 0.3) is 0 Å². The van der Waals surface area contributed by atoms with Crippen LogP contribution in [-0.4, -0.2) is 47.4 Å². The van der Waals surface area contributed by atoms with Gasteiger partial charge in [0.2, 0.25) is 0 Å². The fourth-order valence-corrected chi connectivity index (χ4v) is 3.92. The van der Waals surface area contributed by atoms with Gasteiger partial charge in [-0.2, -0.15) is 0 Å². The topological polar surface area (TPSA) is 79.8 Å². The number of aliphatic imine (C=N–C) groups is 1. The molecule has 0 fully saturated rings. The van der Waals surface area contributed by atoms with E-state index in [-0.39, 0.29) is 0 Å². The Labute approximate surface area is 174 Å². The van der Waals surface area contributed by atoms with Gasteiger partial charge in [0.15, 0.2) is 15.8 Å². The highest BCUT2D eigenvalue weighted by molar-refractivity contribution is 7.90. The highest BCUT2D eigenvalue weighted by Crippen LogP contribution is 2.16. The van der Waals surface area contributed by atoms with Crippen LogP contribution in [0, 0.1) is 6.92 Å². The fraction of sp³-hybridized carbons (Fsp3) is 0.409. The van der Waals surface area contributed by atoms with Gasteiger partial charge in [0, 0.05) is 33.0 Å². The van der Waals surface area contributed by atoms with Gasteiger partial charge in [0.05, 0.1) is 11.5 Å². The first kappa shape index (κ1) is 22.9. The van der Waals surface area contributed by atoms with Crippen molar-refractivity contribution in [3.63, 3.8) is 0 Å². The molecule has 158 valence electrons. The van der Waals surface area contributed by atoms with Gasteiger partial charge in [0.1, 0.15) is 0 Å². The van der Waals surface area contributed by atoms with E-state index in [0.717, 1.165) is 37.1 Å². The number of benzene rings is 2. The average molecular weight is 418 g/mol. The molecule has 2 N–H and O–H groups in total. The van der Waals surface area contributed by atoms with E-state index in [0.29, 0.717) is 24.0 Å². The van der Waals surface area contributed by atoms with Gasteiger partial charge in [-0.1, -0.05) is 42.5 Å². The Hall–Kier alpha value is -2.38. The third-order valence-electron chi connectivity index (χ3n) is 4.46. The summed E-state index contributed by atoms with van der Waals surface area (Å²) in [7, 11) is -1.47. The van der Waals surface area contributed by atoms with Crippen LogP contribution in [-0.2, 0) is 27.5 Å². The van der Waals surface area contributed by atoms with E-state index < -0.39 is 9.84 Å². The van der Waals surface area contributed by atoms with Crippen molar-refractivity contribution in [1.82, 2.24) is 10.6 Å². The molecular weight excluding hydrogens is 386 g/mol. The van der Waals surface area contributed by atoms with E-state index in [1.165, 1.54) is 11.8 Å². The number of nitrogens with one attached hydrogen (secondary N) is 2. The lowest BCUT2D eigenvalue weighted by atomic mass is 10.1. The third kappa shape index (κ3) is 8.25. The predicted octanol–water partition coefficient (Wildman–Crippen LogP) is 2.71. The molecule has 0 amide bonds. The Kier molecular flexibility index (Phi) is 9.15. The van der Waals surface area contributed by atoms with Crippen LogP contribution < -0.4 is 10.6 Å². The molecule has 0 atom stereocenters. The molecule has 0 bridgehead atoms. The summed E-state index contributed by atoms with van der Waals surface area (Å²) in [6.45, 7) is 4.56. The summed E-state index contributed by atoms with van der Waals surface area (Å²) in [5.74, 6) is 0.708. The summed E-state index contributed by atoms with van der Waals surface area (Å²) >= 11 is 0. The molecule has 2 aromatic carbocycles. The first-order valence-corrected chi connectivity index (χ1v) is 11.6. The van der Waals surface area contributed by atoms with E-state index >= 15 is 0 Å². The molecule has 7 heteroatoms. The summed E-state index contributed by atoms with van der Waals surface area (Å²) in [5.41, 5.74) is 3.04. The Morgan fingerprint density at radius 2 is 1.79 bits per heavy atom. The SMILES string of the molecule is CN=C(NCCCOCCc1ccccc1)NCc1ccc(S(C)(=O)=O)c(C)c1. The van der Waals surface area contributed by atoms with Crippen LogP contribution in [0.5, 0.6) is 0 Å². The summed E-state index contributed by atoms with van der Waals surface area (Å²) in [4.78, 5) is 4.59. The van der Waals surface area contributed by atoms with Crippen molar-refractivity contribution in [1.29, 1.82) is 0 Å². The third-order valence-corrected chi connectivity index (χ3v) is 5.72. The smallest absolute Gasteiger partial charge is 0.191 e. The molecule has 0 saturated heterocycles. The van der Waals surface area contributed by atoms with E-state index in [1.54, 1.807) is 13.1 Å². The first-order chi connectivity index (χ1) is 13.9. The zero-order valence-electron chi connectivity index (χ0n) is 17.4. The van der Waals surface area contributed by atoms with Gasteiger partial charge < -0.3 is 15.4 Å². The summed E-state index contributed by atoms with van der Waals surface area (Å²) < 4.78 is 29.1. The number of hydrogen-bond acceptors (Lipinski definition) is 4. The Balaban J connectivity index is 1.64. The zero-order chi connectivity index (χ0) is 21.1. The molecule has 6 nitrogen and oxygen atoms in total. The molecule has 2 rings (SSSR count). The molecule has 0 radical (unpaired) electrons. The minimum atomic E-state index is -3.19. The molecule has 0 aliphatic rings. The van der Waals surface area contributed by atoms with Gasteiger partial charge in [-0.25, -0.2) is 8.42 Å². The number of nitrogens with zero attached hydrogens (tertiary/aromatic N) is 1. The highest BCUT2D eigenvalue weighted by atomic mass is 32.2. The highest BCUT2D eigenvalue weighted by Gasteiger charge is 2.10. The van der Waals surface area contributed by atoms with E-state index in [1.807, 2.05) is 37.3 Å². The molecule has 0 aliphatic heterocycles. The summed E-state index contributed by atoms with van der Waals surface area (Å²) in [5, 5.41) is 6.50. The molecule has 29 heavy (non-hydrogen) atoms. The standard InChI is InChI=1S/C22H31N3O3S/c1-18-16-20(10-11-21(18)29(3,26)27)17-25-22(23-2)24-13-7-14-28-15-12-19-8-5-4-6-9-19/h4-6,8-11,16H,7,12-15,17H2,1-3H3,(H2,23,24,25). The Bertz CT molecular complexity index is 897. The van der Waals surface area contributed by atoms with Crippen LogP contribution in [0.1, 0.15) is 23.1 Å². The van der Waals surface area contributed by atoms with Crippen molar-refractivity contribution in [2.24, 2.45) is 4.99 Å². The Morgan fingerprint density at radius 1 is 1.03 bits per heavy atom.